The molecule has 0 bridgehead atoms. The van der Waals surface area contributed by atoms with Gasteiger partial charge in [0.2, 0.25) is 5.91 Å². The van der Waals surface area contributed by atoms with Gasteiger partial charge in [-0.15, -0.1) is 0 Å². The third-order valence-electron chi connectivity index (χ3n) is 6.27. The standard InChI is InChI=1S/C23H32N6O/c1-24-23(29-11-10-19(16-29)20-14-26-28(2)15-20)25-13-17-6-5-9-21(12-17)27-22(30)18-7-3-4-8-18/h5-6,9,12,14-15,18-19H,3-4,7-8,10-11,13,16H2,1-2H3,(H,24,25)(H,27,30). The lowest BCUT2D eigenvalue weighted by molar-refractivity contribution is -0.119. The second-order valence-corrected chi connectivity index (χ2v) is 8.45. The Bertz CT molecular complexity index is 899. The molecule has 160 valence electrons. The second kappa shape index (κ2) is 9.32. The molecular weight excluding hydrogens is 376 g/mol. The molecule has 2 fully saturated rings. The first kappa shape index (κ1) is 20.4. The molecule has 2 heterocycles. The molecule has 1 atom stereocenters. The summed E-state index contributed by atoms with van der Waals surface area (Å²) in [7, 11) is 3.79. The van der Waals surface area contributed by atoms with E-state index in [-0.39, 0.29) is 11.8 Å². The lowest BCUT2D eigenvalue weighted by Crippen LogP contribution is -2.39. The molecule has 7 nitrogen and oxygen atoms in total. The first-order chi connectivity index (χ1) is 14.6. The monoisotopic (exact) mass is 408 g/mol. The van der Waals surface area contributed by atoms with Gasteiger partial charge in [-0.25, -0.2) is 0 Å². The van der Waals surface area contributed by atoms with Gasteiger partial charge in [-0.3, -0.25) is 14.5 Å². The van der Waals surface area contributed by atoms with E-state index < -0.39 is 0 Å². The molecule has 0 spiro atoms. The summed E-state index contributed by atoms with van der Waals surface area (Å²) in [6.07, 6.45) is 9.54. The van der Waals surface area contributed by atoms with Crippen molar-refractivity contribution in [2.45, 2.75) is 44.6 Å². The van der Waals surface area contributed by atoms with E-state index in [9.17, 15) is 4.79 Å². The Morgan fingerprint density at radius 3 is 2.83 bits per heavy atom. The number of amides is 1. The van der Waals surface area contributed by atoms with Gasteiger partial charge < -0.3 is 15.5 Å². The van der Waals surface area contributed by atoms with Gasteiger partial charge >= 0.3 is 0 Å². The van der Waals surface area contributed by atoms with Crippen LogP contribution in [0.3, 0.4) is 0 Å². The van der Waals surface area contributed by atoms with Gasteiger partial charge in [0.25, 0.3) is 0 Å². The SMILES string of the molecule is CN=C(NCc1cccc(NC(=O)C2CCCC2)c1)N1CCC(c2cnn(C)c2)C1. The molecule has 1 saturated heterocycles. The maximum atomic E-state index is 12.4. The van der Waals surface area contributed by atoms with Gasteiger partial charge in [-0.2, -0.15) is 5.10 Å². The number of aliphatic imine (C=N–C) groups is 1. The molecule has 1 aliphatic carbocycles. The van der Waals surface area contributed by atoms with Gasteiger partial charge in [-0.05, 0) is 42.5 Å². The van der Waals surface area contributed by atoms with E-state index in [4.69, 9.17) is 0 Å². The molecule has 4 rings (SSSR count). The fourth-order valence-electron chi connectivity index (χ4n) is 4.58. The van der Waals surface area contributed by atoms with Crippen LogP contribution in [0.4, 0.5) is 5.69 Å². The average molecular weight is 409 g/mol. The summed E-state index contributed by atoms with van der Waals surface area (Å²) in [5, 5.41) is 10.9. The summed E-state index contributed by atoms with van der Waals surface area (Å²) in [6, 6.07) is 8.09. The molecule has 2 aliphatic rings. The number of hydrogen-bond acceptors (Lipinski definition) is 3. The molecule has 1 aliphatic heterocycles. The fraction of sp³-hybridized carbons (Fsp3) is 0.522. The van der Waals surface area contributed by atoms with Crippen molar-refractivity contribution in [1.29, 1.82) is 0 Å². The number of nitrogens with one attached hydrogen (secondary N) is 2. The van der Waals surface area contributed by atoms with Gasteiger partial charge in [0.05, 0.1) is 6.20 Å². The number of aryl methyl sites for hydroxylation is 1. The second-order valence-electron chi connectivity index (χ2n) is 8.45. The zero-order valence-corrected chi connectivity index (χ0v) is 18.0. The van der Waals surface area contributed by atoms with E-state index in [2.05, 4.69) is 44.0 Å². The van der Waals surface area contributed by atoms with Crippen LogP contribution < -0.4 is 10.6 Å². The van der Waals surface area contributed by atoms with Crippen LogP contribution in [-0.4, -0.2) is 46.7 Å². The largest absolute Gasteiger partial charge is 0.352 e. The topological polar surface area (TPSA) is 74.6 Å². The van der Waals surface area contributed by atoms with E-state index in [0.717, 1.165) is 49.6 Å². The Morgan fingerprint density at radius 1 is 1.27 bits per heavy atom. The molecule has 1 amide bonds. The molecule has 7 heteroatoms. The van der Waals surface area contributed by atoms with E-state index in [1.54, 1.807) is 0 Å². The molecule has 2 N–H and O–H groups in total. The van der Waals surface area contributed by atoms with Crippen molar-refractivity contribution in [3.63, 3.8) is 0 Å². The van der Waals surface area contributed by atoms with Crippen LogP contribution in [0.25, 0.3) is 0 Å². The normalized spacial score (nSPS) is 20.0. The van der Waals surface area contributed by atoms with Crippen LogP contribution in [0, 0.1) is 5.92 Å². The number of guanidine groups is 1. The lowest BCUT2D eigenvalue weighted by Gasteiger charge is -2.22. The van der Waals surface area contributed by atoms with Gasteiger partial charge in [-0.1, -0.05) is 25.0 Å². The number of anilines is 1. The third-order valence-corrected chi connectivity index (χ3v) is 6.27. The Morgan fingerprint density at radius 2 is 2.10 bits per heavy atom. The molecule has 1 saturated carbocycles. The van der Waals surface area contributed by atoms with Crippen LogP contribution in [0.5, 0.6) is 0 Å². The Balaban J connectivity index is 1.31. The summed E-state index contributed by atoms with van der Waals surface area (Å²) in [5.74, 6) is 1.74. The summed E-state index contributed by atoms with van der Waals surface area (Å²) in [5.41, 5.74) is 3.29. The van der Waals surface area contributed by atoms with E-state index in [1.807, 2.05) is 37.1 Å². The Hall–Kier alpha value is -2.83. The first-order valence-electron chi connectivity index (χ1n) is 11.0. The van der Waals surface area contributed by atoms with Crippen molar-refractivity contribution in [3.8, 4) is 0 Å². The third kappa shape index (κ3) is 4.83. The Kier molecular flexibility index (Phi) is 6.35. The number of hydrogen-bond donors (Lipinski definition) is 2. The smallest absolute Gasteiger partial charge is 0.227 e. The van der Waals surface area contributed by atoms with Crippen LogP contribution >= 0.6 is 0 Å². The fourth-order valence-corrected chi connectivity index (χ4v) is 4.58. The zero-order chi connectivity index (χ0) is 20.9. The minimum absolute atomic E-state index is 0.159. The van der Waals surface area contributed by atoms with Crippen molar-refractivity contribution < 1.29 is 4.79 Å². The highest BCUT2D eigenvalue weighted by Gasteiger charge is 2.27. The first-order valence-corrected chi connectivity index (χ1v) is 11.0. The number of carbonyl (C=O) groups excluding carboxylic acids is 1. The average Bonchev–Trinajstić information content (AvgIpc) is 3.50. The minimum Gasteiger partial charge on any atom is -0.352 e. The quantitative estimate of drug-likeness (QED) is 0.589. The number of likely N-dealkylation sites (tertiary alicyclic amines) is 1. The van der Waals surface area contributed by atoms with Crippen molar-refractivity contribution in [1.82, 2.24) is 20.0 Å². The number of carbonyl (C=O) groups is 1. The summed E-state index contributed by atoms with van der Waals surface area (Å²) in [6.45, 7) is 2.60. The highest BCUT2D eigenvalue weighted by Crippen LogP contribution is 2.27. The summed E-state index contributed by atoms with van der Waals surface area (Å²) < 4.78 is 1.86. The lowest BCUT2D eigenvalue weighted by atomic mass is 10.0. The maximum absolute atomic E-state index is 12.4. The highest BCUT2D eigenvalue weighted by atomic mass is 16.1. The maximum Gasteiger partial charge on any atom is 0.227 e. The van der Waals surface area contributed by atoms with Gasteiger partial charge in [0.1, 0.15) is 0 Å². The zero-order valence-electron chi connectivity index (χ0n) is 18.0. The van der Waals surface area contributed by atoms with Crippen molar-refractivity contribution >= 4 is 17.6 Å². The molecule has 1 unspecified atom stereocenters. The van der Waals surface area contributed by atoms with Gasteiger partial charge in [0.15, 0.2) is 5.96 Å². The van der Waals surface area contributed by atoms with Crippen molar-refractivity contribution in [2.24, 2.45) is 18.0 Å². The van der Waals surface area contributed by atoms with E-state index in [1.165, 1.54) is 18.4 Å². The van der Waals surface area contributed by atoms with Crippen molar-refractivity contribution in [3.05, 3.63) is 47.8 Å². The van der Waals surface area contributed by atoms with Crippen LogP contribution in [0.1, 0.15) is 49.1 Å². The highest BCUT2D eigenvalue weighted by molar-refractivity contribution is 5.92. The Labute approximate surface area is 178 Å². The predicted molar refractivity (Wildman–Crippen MR) is 119 cm³/mol. The number of aromatic nitrogens is 2. The molecule has 30 heavy (non-hydrogen) atoms. The van der Waals surface area contributed by atoms with Gasteiger partial charge in [0, 0.05) is 57.4 Å². The van der Waals surface area contributed by atoms with Crippen molar-refractivity contribution in [2.75, 3.05) is 25.5 Å². The summed E-state index contributed by atoms with van der Waals surface area (Å²) in [4.78, 5) is 19.2. The van der Waals surface area contributed by atoms with Crippen LogP contribution in [0.15, 0.2) is 41.7 Å². The number of benzene rings is 1. The number of rotatable bonds is 5. The molecular formula is C23H32N6O. The summed E-state index contributed by atoms with van der Waals surface area (Å²) >= 11 is 0. The molecule has 0 radical (unpaired) electrons. The van der Waals surface area contributed by atoms with E-state index in [0.29, 0.717) is 12.5 Å². The predicted octanol–water partition coefficient (Wildman–Crippen LogP) is 3.11. The molecule has 1 aromatic carbocycles. The molecule has 1 aromatic heterocycles. The molecule has 2 aromatic rings. The number of nitrogens with zero attached hydrogens (tertiary/aromatic N) is 4. The van der Waals surface area contributed by atoms with Crippen LogP contribution in [-0.2, 0) is 18.4 Å². The van der Waals surface area contributed by atoms with Crippen LogP contribution in [0.2, 0.25) is 0 Å². The minimum atomic E-state index is 0.159. The van der Waals surface area contributed by atoms with E-state index >= 15 is 0 Å².